The molecule has 0 radical (unpaired) electrons. The summed E-state index contributed by atoms with van der Waals surface area (Å²) in [5.74, 6) is 0.862. The van der Waals surface area contributed by atoms with Crippen LogP contribution >= 0.6 is 11.6 Å². The van der Waals surface area contributed by atoms with Crippen LogP contribution in [0.3, 0.4) is 0 Å². The van der Waals surface area contributed by atoms with Gasteiger partial charge in [0.1, 0.15) is 10.8 Å². The molecule has 0 saturated heterocycles. The molecule has 1 N–H and O–H groups in total. The minimum absolute atomic E-state index is 0.0973. The molecule has 0 atom stereocenters. The maximum atomic E-state index is 8.89. The van der Waals surface area contributed by atoms with Gasteiger partial charge in [0.2, 0.25) is 5.88 Å². The largest absolute Gasteiger partial charge is 0.436 e. The molecule has 2 rings (SSSR count). The summed E-state index contributed by atoms with van der Waals surface area (Å²) in [6.45, 7) is -0.0973. The first-order valence-electron chi connectivity index (χ1n) is 4.63. The highest BCUT2D eigenvalue weighted by molar-refractivity contribution is 6.31. The van der Waals surface area contributed by atoms with Crippen molar-refractivity contribution in [2.24, 2.45) is 0 Å². The highest BCUT2D eigenvalue weighted by atomic mass is 35.5. The van der Waals surface area contributed by atoms with E-state index in [1.807, 2.05) is 0 Å². The zero-order chi connectivity index (χ0) is 11.4. The van der Waals surface area contributed by atoms with Gasteiger partial charge in [-0.1, -0.05) is 11.6 Å². The average Bonchev–Trinajstić information content (AvgIpc) is 2.33. The fraction of sp³-hybridized carbons (Fsp3) is 0.0909. The van der Waals surface area contributed by atoms with E-state index in [0.717, 1.165) is 0 Å². The second-order valence-corrected chi connectivity index (χ2v) is 3.49. The van der Waals surface area contributed by atoms with Gasteiger partial charge in [0.05, 0.1) is 12.8 Å². The van der Waals surface area contributed by atoms with Crippen molar-refractivity contribution in [3.8, 4) is 11.6 Å². The van der Waals surface area contributed by atoms with E-state index >= 15 is 0 Å². The maximum Gasteiger partial charge on any atom is 0.238 e. The number of halogens is 1. The summed E-state index contributed by atoms with van der Waals surface area (Å²) in [6, 6.07) is 5.12. The topological polar surface area (TPSA) is 55.2 Å². The van der Waals surface area contributed by atoms with Crippen molar-refractivity contribution in [1.82, 2.24) is 9.97 Å². The molecule has 4 nitrogen and oxygen atoms in total. The molecule has 0 fully saturated rings. The molecule has 5 heteroatoms. The summed E-state index contributed by atoms with van der Waals surface area (Å²) in [5.41, 5.74) is 0.642. The van der Waals surface area contributed by atoms with Gasteiger partial charge in [0.25, 0.3) is 0 Å². The van der Waals surface area contributed by atoms with Crippen LogP contribution in [0.2, 0.25) is 5.02 Å². The lowest BCUT2D eigenvalue weighted by Gasteiger charge is -2.06. The Hall–Kier alpha value is -1.65. The van der Waals surface area contributed by atoms with Crippen LogP contribution in [0.25, 0.3) is 0 Å². The highest BCUT2D eigenvalue weighted by Gasteiger charge is 2.05. The van der Waals surface area contributed by atoms with E-state index in [4.69, 9.17) is 21.4 Å². The number of aliphatic hydroxyl groups is 1. The molecule has 0 aliphatic carbocycles. The lowest BCUT2D eigenvalue weighted by atomic mass is 10.3. The van der Waals surface area contributed by atoms with Crippen LogP contribution in [0.4, 0.5) is 0 Å². The first-order chi connectivity index (χ1) is 7.79. The second-order valence-electron chi connectivity index (χ2n) is 3.08. The van der Waals surface area contributed by atoms with Crippen LogP contribution in [-0.2, 0) is 6.61 Å². The third-order valence-electron chi connectivity index (χ3n) is 1.90. The minimum atomic E-state index is -0.0973. The molecule has 0 aromatic carbocycles. The summed E-state index contributed by atoms with van der Waals surface area (Å²) in [4.78, 5) is 7.91. The van der Waals surface area contributed by atoms with E-state index in [0.29, 0.717) is 22.2 Å². The van der Waals surface area contributed by atoms with Crippen LogP contribution in [0, 0.1) is 0 Å². The molecule has 2 aromatic heterocycles. The molecule has 0 aliphatic rings. The van der Waals surface area contributed by atoms with E-state index in [1.54, 1.807) is 30.6 Å². The molecule has 0 aliphatic heterocycles. The van der Waals surface area contributed by atoms with Gasteiger partial charge in [0, 0.05) is 12.4 Å². The molecule has 2 aromatic rings. The van der Waals surface area contributed by atoms with Gasteiger partial charge < -0.3 is 9.84 Å². The van der Waals surface area contributed by atoms with Gasteiger partial charge in [0.15, 0.2) is 0 Å². The van der Waals surface area contributed by atoms with Gasteiger partial charge in [-0.05, 0) is 23.8 Å². The van der Waals surface area contributed by atoms with Crippen molar-refractivity contribution in [2.45, 2.75) is 6.61 Å². The monoisotopic (exact) mass is 236 g/mol. The Morgan fingerprint density at radius 1 is 1.38 bits per heavy atom. The Kier molecular flexibility index (Phi) is 3.34. The smallest absolute Gasteiger partial charge is 0.238 e. The van der Waals surface area contributed by atoms with E-state index in [2.05, 4.69) is 9.97 Å². The number of hydrogen-bond acceptors (Lipinski definition) is 4. The molecule has 0 unspecified atom stereocenters. The zero-order valence-corrected chi connectivity index (χ0v) is 9.05. The molecular weight excluding hydrogens is 228 g/mol. The minimum Gasteiger partial charge on any atom is -0.436 e. The lowest BCUT2D eigenvalue weighted by molar-refractivity contribution is 0.281. The summed E-state index contributed by atoms with van der Waals surface area (Å²) in [5, 5.41) is 9.25. The molecule has 0 saturated carbocycles. The second kappa shape index (κ2) is 4.92. The number of aromatic nitrogens is 2. The Balaban J connectivity index is 2.22. The molecule has 16 heavy (non-hydrogen) atoms. The molecule has 2 heterocycles. The highest BCUT2D eigenvalue weighted by Crippen LogP contribution is 2.26. The summed E-state index contributed by atoms with van der Waals surface area (Å²) in [7, 11) is 0. The first kappa shape index (κ1) is 10.9. The molecule has 0 amide bonds. The fourth-order valence-electron chi connectivity index (χ4n) is 1.15. The van der Waals surface area contributed by atoms with Gasteiger partial charge in [-0.15, -0.1) is 0 Å². The van der Waals surface area contributed by atoms with Crippen molar-refractivity contribution >= 4 is 11.6 Å². The zero-order valence-electron chi connectivity index (χ0n) is 8.30. The number of nitrogens with zero attached hydrogens (tertiary/aromatic N) is 2. The van der Waals surface area contributed by atoms with Crippen LogP contribution in [0.5, 0.6) is 11.6 Å². The van der Waals surface area contributed by atoms with Crippen molar-refractivity contribution in [3.05, 3.63) is 47.4 Å². The normalized spacial score (nSPS) is 10.1. The lowest BCUT2D eigenvalue weighted by Crippen LogP contribution is -1.92. The van der Waals surface area contributed by atoms with Gasteiger partial charge in [-0.3, -0.25) is 4.98 Å². The van der Waals surface area contributed by atoms with Crippen molar-refractivity contribution in [3.63, 3.8) is 0 Å². The first-order valence-corrected chi connectivity index (χ1v) is 5.00. The summed E-state index contributed by atoms with van der Waals surface area (Å²) < 4.78 is 5.42. The van der Waals surface area contributed by atoms with Crippen LogP contribution in [0.1, 0.15) is 5.56 Å². The Bertz CT molecular complexity index is 477. The van der Waals surface area contributed by atoms with Crippen LogP contribution < -0.4 is 4.74 Å². The standard InChI is InChI=1S/C11H9ClN2O2/c12-10-4-8(7-15)5-14-11(10)16-9-2-1-3-13-6-9/h1-6,15H,7H2. The molecule has 82 valence electrons. The predicted molar refractivity (Wildman–Crippen MR) is 59.5 cm³/mol. The number of hydrogen-bond donors (Lipinski definition) is 1. The van der Waals surface area contributed by atoms with Crippen LogP contribution in [-0.4, -0.2) is 15.1 Å². The SMILES string of the molecule is OCc1cnc(Oc2cccnc2)c(Cl)c1. The third-order valence-corrected chi connectivity index (χ3v) is 2.17. The van der Waals surface area contributed by atoms with Gasteiger partial charge in [-0.25, -0.2) is 4.98 Å². The van der Waals surface area contributed by atoms with Crippen molar-refractivity contribution in [2.75, 3.05) is 0 Å². The molecule has 0 spiro atoms. The number of pyridine rings is 2. The predicted octanol–water partition coefficient (Wildman–Crippen LogP) is 2.41. The molecular formula is C11H9ClN2O2. The molecule has 0 bridgehead atoms. The van der Waals surface area contributed by atoms with Gasteiger partial charge in [-0.2, -0.15) is 0 Å². The Morgan fingerprint density at radius 3 is 2.88 bits per heavy atom. The number of aliphatic hydroxyl groups excluding tert-OH is 1. The van der Waals surface area contributed by atoms with E-state index in [-0.39, 0.29) is 6.61 Å². The fourth-order valence-corrected chi connectivity index (χ4v) is 1.37. The van der Waals surface area contributed by atoms with E-state index < -0.39 is 0 Å². The van der Waals surface area contributed by atoms with Crippen LogP contribution in [0.15, 0.2) is 36.8 Å². The van der Waals surface area contributed by atoms with Crippen molar-refractivity contribution < 1.29 is 9.84 Å². The summed E-state index contributed by atoms with van der Waals surface area (Å²) in [6.07, 6.45) is 4.73. The number of rotatable bonds is 3. The van der Waals surface area contributed by atoms with Crippen molar-refractivity contribution in [1.29, 1.82) is 0 Å². The average molecular weight is 237 g/mol. The van der Waals surface area contributed by atoms with E-state index in [9.17, 15) is 0 Å². The quantitative estimate of drug-likeness (QED) is 0.889. The van der Waals surface area contributed by atoms with Gasteiger partial charge >= 0.3 is 0 Å². The summed E-state index contributed by atoms with van der Waals surface area (Å²) >= 11 is 5.94. The Morgan fingerprint density at radius 2 is 2.25 bits per heavy atom. The van der Waals surface area contributed by atoms with E-state index in [1.165, 1.54) is 6.20 Å². The maximum absolute atomic E-state index is 8.89. The third kappa shape index (κ3) is 2.48. The Labute approximate surface area is 97.5 Å². The number of ether oxygens (including phenoxy) is 1.